The number of alkyl halides is 2. The van der Waals surface area contributed by atoms with Crippen LogP contribution in [0.3, 0.4) is 0 Å². The van der Waals surface area contributed by atoms with Crippen molar-refractivity contribution in [1.29, 1.82) is 0 Å². The third kappa shape index (κ3) is 5.26. The SMILES string of the molecule is CCCCOc1cccc(C(F)(F)CNC(C=O)C2=NCCc3ccccc32)c1. The van der Waals surface area contributed by atoms with Gasteiger partial charge < -0.3 is 9.53 Å². The third-order valence-corrected chi connectivity index (χ3v) is 4.95. The first-order valence-corrected chi connectivity index (χ1v) is 9.97. The van der Waals surface area contributed by atoms with Crippen molar-refractivity contribution in [3.05, 3.63) is 65.2 Å². The molecule has 1 N–H and O–H groups in total. The van der Waals surface area contributed by atoms with Gasteiger partial charge in [-0.1, -0.05) is 49.7 Å². The molecule has 0 radical (unpaired) electrons. The number of fused-ring (bicyclic) bond motifs is 1. The summed E-state index contributed by atoms with van der Waals surface area (Å²) >= 11 is 0. The Bertz CT molecular complexity index is 867. The van der Waals surface area contributed by atoms with Gasteiger partial charge in [-0.15, -0.1) is 0 Å². The molecule has 0 fully saturated rings. The van der Waals surface area contributed by atoms with Gasteiger partial charge in [0.2, 0.25) is 0 Å². The standard InChI is InChI=1S/C23H26F2N2O2/c1-2-3-13-29-19-9-6-8-18(14-19)23(24,25)16-27-21(15-28)22-20-10-5-4-7-17(20)11-12-26-22/h4-10,14-15,21,27H,2-3,11-13,16H2,1H3. The summed E-state index contributed by atoms with van der Waals surface area (Å²) in [6, 6.07) is 12.7. The van der Waals surface area contributed by atoms with Gasteiger partial charge in [0.05, 0.1) is 18.9 Å². The largest absolute Gasteiger partial charge is 0.494 e. The molecule has 0 aromatic heterocycles. The Balaban J connectivity index is 1.70. The van der Waals surface area contributed by atoms with Gasteiger partial charge in [-0.25, -0.2) is 0 Å². The second-order valence-electron chi connectivity index (χ2n) is 7.10. The monoisotopic (exact) mass is 400 g/mol. The van der Waals surface area contributed by atoms with Crippen LogP contribution in [0.4, 0.5) is 8.78 Å². The average Bonchev–Trinajstić information content (AvgIpc) is 2.75. The molecule has 0 saturated carbocycles. The number of nitrogens with one attached hydrogen (secondary N) is 1. The normalized spacial score (nSPS) is 14.7. The van der Waals surface area contributed by atoms with E-state index in [2.05, 4.69) is 10.3 Å². The molecule has 2 aromatic carbocycles. The molecular formula is C23H26F2N2O2. The summed E-state index contributed by atoms with van der Waals surface area (Å²) in [5.74, 6) is -2.73. The molecule has 1 unspecified atom stereocenters. The molecule has 3 rings (SSSR count). The summed E-state index contributed by atoms with van der Waals surface area (Å²) in [5.41, 5.74) is 2.30. The molecule has 4 nitrogen and oxygen atoms in total. The predicted octanol–water partition coefficient (Wildman–Crippen LogP) is 4.16. The van der Waals surface area contributed by atoms with E-state index in [-0.39, 0.29) is 5.56 Å². The van der Waals surface area contributed by atoms with Crippen molar-refractivity contribution in [2.45, 2.75) is 38.2 Å². The number of hydrogen-bond acceptors (Lipinski definition) is 4. The lowest BCUT2D eigenvalue weighted by Crippen LogP contribution is -2.44. The maximum absolute atomic E-state index is 14.8. The Labute approximate surface area is 170 Å². The number of unbranched alkanes of at least 4 members (excludes halogenated alkanes) is 1. The van der Waals surface area contributed by atoms with Gasteiger partial charge in [0.15, 0.2) is 0 Å². The van der Waals surface area contributed by atoms with Crippen LogP contribution in [0.5, 0.6) is 5.75 Å². The Morgan fingerprint density at radius 2 is 2.07 bits per heavy atom. The van der Waals surface area contributed by atoms with Gasteiger partial charge in [0, 0.05) is 17.7 Å². The summed E-state index contributed by atoms with van der Waals surface area (Å²) in [5, 5.41) is 2.70. The topological polar surface area (TPSA) is 50.7 Å². The molecule has 0 saturated heterocycles. The van der Waals surface area contributed by atoms with E-state index < -0.39 is 18.5 Å². The smallest absolute Gasteiger partial charge is 0.285 e. The molecule has 1 aliphatic rings. The molecule has 1 heterocycles. The molecule has 1 aliphatic heterocycles. The van der Waals surface area contributed by atoms with E-state index in [1.807, 2.05) is 31.2 Å². The number of hydrogen-bond donors (Lipinski definition) is 1. The lowest BCUT2D eigenvalue weighted by molar-refractivity contribution is -0.108. The molecule has 0 spiro atoms. The minimum absolute atomic E-state index is 0.144. The van der Waals surface area contributed by atoms with Crippen molar-refractivity contribution < 1.29 is 18.3 Å². The highest BCUT2D eigenvalue weighted by atomic mass is 19.3. The van der Waals surface area contributed by atoms with Crippen LogP contribution in [0.25, 0.3) is 0 Å². The first kappa shape index (κ1) is 21.1. The second-order valence-corrected chi connectivity index (χ2v) is 7.10. The summed E-state index contributed by atoms with van der Waals surface area (Å²) < 4.78 is 35.2. The molecule has 29 heavy (non-hydrogen) atoms. The number of aldehydes is 1. The molecule has 2 aromatic rings. The minimum atomic E-state index is -3.15. The molecule has 6 heteroatoms. The fourth-order valence-electron chi connectivity index (χ4n) is 3.33. The lowest BCUT2D eigenvalue weighted by atomic mass is 9.94. The van der Waals surface area contributed by atoms with Crippen molar-refractivity contribution in [2.24, 2.45) is 4.99 Å². The zero-order valence-electron chi connectivity index (χ0n) is 16.5. The van der Waals surface area contributed by atoms with Crippen LogP contribution in [-0.2, 0) is 17.1 Å². The highest BCUT2D eigenvalue weighted by Gasteiger charge is 2.34. The van der Waals surface area contributed by atoms with E-state index in [1.165, 1.54) is 12.1 Å². The van der Waals surface area contributed by atoms with E-state index in [0.29, 0.717) is 30.9 Å². The Morgan fingerprint density at radius 3 is 2.86 bits per heavy atom. The van der Waals surface area contributed by atoms with Crippen molar-refractivity contribution in [3.8, 4) is 5.75 Å². The summed E-state index contributed by atoms with van der Waals surface area (Å²) in [4.78, 5) is 16.1. The number of benzene rings is 2. The highest BCUT2D eigenvalue weighted by molar-refractivity contribution is 6.13. The summed E-state index contributed by atoms with van der Waals surface area (Å²) in [6.45, 7) is 2.41. The van der Waals surface area contributed by atoms with Crippen LogP contribution < -0.4 is 10.1 Å². The van der Waals surface area contributed by atoms with Gasteiger partial charge in [0.25, 0.3) is 5.92 Å². The van der Waals surface area contributed by atoms with E-state index in [9.17, 15) is 13.6 Å². The molecular weight excluding hydrogens is 374 g/mol. The van der Waals surface area contributed by atoms with Crippen molar-refractivity contribution in [3.63, 3.8) is 0 Å². The maximum atomic E-state index is 14.8. The first-order chi connectivity index (χ1) is 14.0. The van der Waals surface area contributed by atoms with Crippen molar-refractivity contribution >= 4 is 12.0 Å². The Hall–Kier alpha value is -2.60. The number of halogens is 2. The Morgan fingerprint density at radius 1 is 1.24 bits per heavy atom. The van der Waals surface area contributed by atoms with Gasteiger partial charge in [0.1, 0.15) is 18.1 Å². The number of nitrogens with zero attached hydrogens (tertiary/aromatic N) is 1. The van der Waals surface area contributed by atoms with Gasteiger partial charge in [-0.3, -0.25) is 10.3 Å². The zero-order valence-corrected chi connectivity index (χ0v) is 16.5. The number of rotatable bonds is 10. The van der Waals surface area contributed by atoms with Gasteiger partial charge in [-0.05, 0) is 30.5 Å². The third-order valence-electron chi connectivity index (χ3n) is 4.95. The van der Waals surface area contributed by atoms with Gasteiger partial charge in [-0.2, -0.15) is 8.78 Å². The van der Waals surface area contributed by atoms with E-state index >= 15 is 0 Å². The van der Waals surface area contributed by atoms with Crippen LogP contribution >= 0.6 is 0 Å². The second kappa shape index (κ2) is 9.74. The summed E-state index contributed by atoms with van der Waals surface area (Å²) in [7, 11) is 0. The quantitative estimate of drug-likeness (QED) is 0.481. The molecule has 0 bridgehead atoms. The average molecular weight is 400 g/mol. The summed E-state index contributed by atoms with van der Waals surface area (Å²) in [6.07, 6.45) is 3.26. The van der Waals surface area contributed by atoms with Crippen LogP contribution in [0, 0.1) is 0 Å². The van der Waals surface area contributed by atoms with Crippen LogP contribution in [-0.4, -0.2) is 37.7 Å². The number of carbonyl (C=O) groups is 1. The molecule has 0 amide bonds. The maximum Gasteiger partial charge on any atom is 0.285 e. The molecule has 154 valence electrons. The fraction of sp³-hybridized carbons (Fsp3) is 0.391. The zero-order chi connectivity index (χ0) is 20.7. The highest BCUT2D eigenvalue weighted by Crippen LogP contribution is 2.30. The fourth-order valence-corrected chi connectivity index (χ4v) is 3.33. The van der Waals surface area contributed by atoms with E-state index in [4.69, 9.17) is 4.74 Å². The Kier molecular flexibility index (Phi) is 7.09. The number of aliphatic imine (C=N–C) groups is 1. The van der Waals surface area contributed by atoms with Crippen molar-refractivity contribution in [2.75, 3.05) is 19.7 Å². The van der Waals surface area contributed by atoms with Crippen LogP contribution in [0.15, 0.2) is 53.5 Å². The van der Waals surface area contributed by atoms with Crippen LogP contribution in [0.2, 0.25) is 0 Å². The predicted molar refractivity (Wildman–Crippen MR) is 110 cm³/mol. The van der Waals surface area contributed by atoms with Crippen molar-refractivity contribution in [1.82, 2.24) is 5.32 Å². The van der Waals surface area contributed by atoms with Crippen LogP contribution in [0.1, 0.15) is 36.5 Å². The van der Waals surface area contributed by atoms with Gasteiger partial charge >= 0.3 is 0 Å². The van der Waals surface area contributed by atoms with E-state index in [1.54, 1.807) is 12.1 Å². The number of ether oxygens (including phenoxy) is 1. The first-order valence-electron chi connectivity index (χ1n) is 9.97. The lowest BCUT2D eigenvalue weighted by Gasteiger charge is -2.24. The van der Waals surface area contributed by atoms with E-state index in [0.717, 1.165) is 30.4 Å². The minimum Gasteiger partial charge on any atom is -0.494 e. The number of carbonyl (C=O) groups excluding carboxylic acids is 1. The molecule has 0 aliphatic carbocycles. The molecule has 1 atom stereocenters.